The lowest BCUT2D eigenvalue weighted by Gasteiger charge is -2.14. The number of rotatable bonds is 1. The van der Waals surface area contributed by atoms with Crippen molar-refractivity contribution < 1.29 is 4.79 Å². The average molecular weight is 205 g/mol. The normalized spacial score (nSPS) is 13.5. The van der Waals surface area contributed by atoms with Gasteiger partial charge in [0.1, 0.15) is 0 Å². The van der Waals surface area contributed by atoms with Crippen LogP contribution in [0.15, 0.2) is 29.2 Å². The molecule has 14 heavy (non-hydrogen) atoms. The molecule has 3 heteroatoms. The first-order valence-electron chi connectivity index (χ1n) is 4.47. The van der Waals surface area contributed by atoms with Gasteiger partial charge in [0.25, 0.3) is 0 Å². The molecule has 2 nitrogen and oxygen atoms in total. The molecular formula is C11H11NOS. The van der Waals surface area contributed by atoms with Gasteiger partial charge >= 0.3 is 0 Å². The predicted octanol–water partition coefficient (Wildman–Crippen LogP) is 2.76. The molecule has 2 rings (SSSR count). The van der Waals surface area contributed by atoms with Crippen LogP contribution in [-0.4, -0.2) is 11.7 Å². The summed E-state index contributed by atoms with van der Waals surface area (Å²) in [5.74, 6) is 0.956. The molecule has 0 radical (unpaired) electrons. The van der Waals surface area contributed by atoms with Crippen LogP contribution in [0.25, 0.3) is 6.08 Å². The van der Waals surface area contributed by atoms with Crippen molar-refractivity contribution in [2.24, 2.45) is 0 Å². The van der Waals surface area contributed by atoms with Crippen LogP contribution in [0.2, 0.25) is 0 Å². The van der Waals surface area contributed by atoms with Gasteiger partial charge in [0, 0.05) is 17.6 Å². The molecule has 1 amide bonds. The van der Waals surface area contributed by atoms with E-state index in [1.807, 2.05) is 12.1 Å². The Labute approximate surface area is 87.4 Å². The van der Waals surface area contributed by atoms with Crippen LogP contribution in [0.3, 0.4) is 0 Å². The molecule has 1 heterocycles. The summed E-state index contributed by atoms with van der Waals surface area (Å²) >= 11 is 1.76. The fourth-order valence-electron chi connectivity index (χ4n) is 1.44. The molecule has 1 aromatic carbocycles. The Morgan fingerprint density at radius 2 is 2.36 bits per heavy atom. The molecule has 1 aliphatic rings. The molecule has 0 aromatic heterocycles. The van der Waals surface area contributed by atoms with Gasteiger partial charge in [-0.2, -0.15) is 0 Å². The number of fused-ring (bicyclic) bond motifs is 1. The topological polar surface area (TPSA) is 29.1 Å². The molecule has 1 N–H and O–H groups in total. The highest BCUT2D eigenvalue weighted by Gasteiger charge is 2.10. The third kappa shape index (κ3) is 1.82. The van der Waals surface area contributed by atoms with Crippen LogP contribution in [0.5, 0.6) is 0 Å². The fraction of sp³-hybridized carbons (Fsp3) is 0.182. The predicted molar refractivity (Wildman–Crippen MR) is 60.5 cm³/mol. The van der Waals surface area contributed by atoms with E-state index in [1.165, 1.54) is 17.4 Å². The smallest absolute Gasteiger partial charge is 0.221 e. The molecule has 0 fully saturated rings. The molecule has 0 saturated carbocycles. The van der Waals surface area contributed by atoms with Gasteiger partial charge in [-0.3, -0.25) is 4.79 Å². The average Bonchev–Trinajstić information content (AvgIpc) is 2.18. The highest BCUT2D eigenvalue weighted by molar-refractivity contribution is 7.99. The highest BCUT2D eigenvalue weighted by atomic mass is 32.2. The summed E-state index contributed by atoms with van der Waals surface area (Å²) in [4.78, 5) is 12.1. The minimum atomic E-state index is -0.0199. The summed E-state index contributed by atoms with van der Waals surface area (Å²) in [5.41, 5.74) is 2.11. The largest absolute Gasteiger partial charge is 0.325 e. The van der Waals surface area contributed by atoms with Crippen molar-refractivity contribution in [1.29, 1.82) is 0 Å². The van der Waals surface area contributed by atoms with Crippen molar-refractivity contribution in [2.75, 3.05) is 11.1 Å². The second-order valence-corrected chi connectivity index (χ2v) is 4.15. The fourth-order valence-corrected chi connectivity index (χ4v) is 2.38. The molecule has 0 aliphatic carbocycles. The van der Waals surface area contributed by atoms with Crippen LogP contribution >= 0.6 is 11.8 Å². The Morgan fingerprint density at radius 3 is 3.14 bits per heavy atom. The first kappa shape index (κ1) is 9.34. The molecule has 72 valence electrons. The van der Waals surface area contributed by atoms with Crippen molar-refractivity contribution >= 4 is 29.4 Å². The minimum absolute atomic E-state index is 0.0199. The lowest BCUT2D eigenvalue weighted by atomic mass is 10.2. The Bertz CT molecular complexity index is 398. The van der Waals surface area contributed by atoms with E-state index in [1.54, 1.807) is 11.8 Å². The summed E-state index contributed by atoms with van der Waals surface area (Å²) in [6.45, 7) is 1.53. The first-order chi connectivity index (χ1) is 6.77. The van der Waals surface area contributed by atoms with E-state index in [9.17, 15) is 4.79 Å². The van der Waals surface area contributed by atoms with Crippen molar-refractivity contribution in [2.45, 2.75) is 11.8 Å². The minimum Gasteiger partial charge on any atom is -0.325 e. The van der Waals surface area contributed by atoms with E-state index >= 15 is 0 Å². The molecule has 0 saturated heterocycles. The molecule has 0 bridgehead atoms. The maximum Gasteiger partial charge on any atom is 0.221 e. The van der Waals surface area contributed by atoms with Gasteiger partial charge in [-0.15, -0.1) is 11.8 Å². The van der Waals surface area contributed by atoms with Gasteiger partial charge in [0.05, 0.1) is 5.69 Å². The second-order valence-electron chi connectivity index (χ2n) is 3.12. The van der Waals surface area contributed by atoms with Gasteiger partial charge in [-0.05, 0) is 11.6 Å². The molecule has 1 aliphatic heterocycles. The number of hydrogen-bond donors (Lipinski definition) is 1. The van der Waals surface area contributed by atoms with Crippen LogP contribution in [0.1, 0.15) is 12.5 Å². The molecular weight excluding hydrogens is 194 g/mol. The van der Waals surface area contributed by atoms with Crippen LogP contribution in [-0.2, 0) is 4.79 Å². The number of anilines is 1. The van der Waals surface area contributed by atoms with E-state index in [4.69, 9.17) is 0 Å². The standard InChI is InChI=1S/C11H11NOS/c1-8(13)12-10-6-2-4-9-5-3-7-14-11(9)10/h2-6H,7H2,1H3,(H,12,13). The van der Waals surface area contributed by atoms with Gasteiger partial charge in [-0.25, -0.2) is 0 Å². The SMILES string of the molecule is CC(=O)Nc1cccc2c1SCC=C2. The number of nitrogens with one attached hydrogen (secondary N) is 1. The maximum absolute atomic E-state index is 11.0. The molecule has 0 unspecified atom stereocenters. The van der Waals surface area contributed by atoms with Gasteiger partial charge in [0.2, 0.25) is 5.91 Å². The van der Waals surface area contributed by atoms with Gasteiger partial charge < -0.3 is 5.32 Å². The Hall–Kier alpha value is -1.22. The summed E-state index contributed by atoms with van der Waals surface area (Å²) in [6.07, 6.45) is 4.22. The Balaban J connectivity index is 2.41. The third-order valence-electron chi connectivity index (χ3n) is 1.98. The molecule has 1 aromatic rings. The zero-order chi connectivity index (χ0) is 9.97. The molecule has 0 spiro atoms. The van der Waals surface area contributed by atoms with E-state index in [2.05, 4.69) is 23.5 Å². The number of carbonyl (C=O) groups excluding carboxylic acids is 1. The lowest BCUT2D eigenvalue weighted by molar-refractivity contribution is -0.114. The second kappa shape index (κ2) is 3.88. The van der Waals surface area contributed by atoms with Crippen molar-refractivity contribution in [3.8, 4) is 0 Å². The van der Waals surface area contributed by atoms with Crippen molar-refractivity contribution in [1.82, 2.24) is 0 Å². The quantitative estimate of drug-likeness (QED) is 0.763. The van der Waals surface area contributed by atoms with Crippen molar-refractivity contribution in [3.63, 3.8) is 0 Å². The zero-order valence-corrected chi connectivity index (χ0v) is 8.73. The Kier molecular flexibility index (Phi) is 2.59. The monoisotopic (exact) mass is 205 g/mol. The van der Waals surface area contributed by atoms with Gasteiger partial charge in [0.15, 0.2) is 0 Å². The first-order valence-corrected chi connectivity index (χ1v) is 5.46. The number of carbonyl (C=O) groups is 1. The van der Waals surface area contributed by atoms with Crippen LogP contribution < -0.4 is 5.32 Å². The zero-order valence-electron chi connectivity index (χ0n) is 7.91. The van der Waals surface area contributed by atoms with E-state index in [0.29, 0.717) is 0 Å². The summed E-state index contributed by atoms with van der Waals surface area (Å²) in [6, 6.07) is 5.95. The number of hydrogen-bond acceptors (Lipinski definition) is 2. The van der Waals surface area contributed by atoms with Gasteiger partial charge in [-0.1, -0.05) is 24.3 Å². The number of amides is 1. The van der Waals surface area contributed by atoms with E-state index < -0.39 is 0 Å². The van der Waals surface area contributed by atoms with Crippen molar-refractivity contribution in [3.05, 3.63) is 29.8 Å². The van der Waals surface area contributed by atoms with E-state index in [-0.39, 0.29) is 5.91 Å². The maximum atomic E-state index is 11.0. The van der Waals surface area contributed by atoms with Crippen LogP contribution in [0.4, 0.5) is 5.69 Å². The van der Waals surface area contributed by atoms with Crippen LogP contribution in [0, 0.1) is 0 Å². The third-order valence-corrected chi connectivity index (χ3v) is 3.08. The highest BCUT2D eigenvalue weighted by Crippen LogP contribution is 2.34. The lowest BCUT2D eigenvalue weighted by Crippen LogP contribution is -2.07. The summed E-state index contributed by atoms with van der Waals surface area (Å²) in [5, 5.41) is 2.84. The Morgan fingerprint density at radius 1 is 1.50 bits per heavy atom. The summed E-state index contributed by atoms with van der Waals surface area (Å²) < 4.78 is 0. The molecule has 0 atom stereocenters. The number of benzene rings is 1. The van der Waals surface area contributed by atoms with E-state index in [0.717, 1.165) is 11.4 Å². The number of thioether (sulfide) groups is 1. The summed E-state index contributed by atoms with van der Waals surface area (Å²) in [7, 11) is 0.